The molecule has 0 fully saturated rings. The highest BCUT2D eigenvalue weighted by Gasteiger charge is 1.93. The number of benzene rings is 4. The molecule has 0 amide bonds. The molecule has 0 saturated carbocycles. The molecule has 4 aromatic carbocycles. The maximum atomic E-state index is 2.22. The van der Waals surface area contributed by atoms with Crippen LogP contribution in [0.1, 0.15) is 22.3 Å². The number of rotatable bonds is 0. The maximum absolute atomic E-state index is 2.22. The number of fused-ring (bicyclic) bond motifs is 2. The molecule has 0 spiro atoms. The van der Waals surface area contributed by atoms with E-state index in [1.54, 1.807) is 0 Å². The lowest BCUT2D eigenvalue weighted by Crippen LogP contribution is -1.76. The normalized spacial score (nSPS) is 10.5. The van der Waals surface area contributed by atoms with Crippen LogP contribution >= 0.6 is 0 Å². The Bertz CT molecular complexity index is 827. The van der Waals surface area contributed by atoms with E-state index in [0.717, 1.165) is 0 Å². The molecule has 0 heteroatoms. The standard InChI is InChI=1S/2C12H12/c2*1-9-3-5-12-8-10(2)4-6-11(12)7-9/h2*3-8H,1-2H3. The second-order valence-electron chi connectivity index (χ2n) is 6.71. The first kappa shape index (κ1) is 16.3. The zero-order valence-electron chi connectivity index (χ0n) is 14.9. The fourth-order valence-electron chi connectivity index (χ4n) is 2.97. The molecule has 0 aliphatic heterocycles. The third-order valence-corrected chi connectivity index (χ3v) is 4.30. The molecule has 0 aliphatic carbocycles. The molecule has 24 heavy (non-hydrogen) atoms. The molecule has 0 aliphatic rings. The third-order valence-electron chi connectivity index (χ3n) is 4.30. The monoisotopic (exact) mass is 312 g/mol. The van der Waals surface area contributed by atoms with E-state index >= 15 is 0 Å². The molecule has 0 unspecified atom stereocenters. The van der Waals surface area contributed by atoms with Gasteiger partial charge in [0, 0.05) is 0 Å². The first-order valence-corrected chi connectivity index (χ1v) is 8.45. The highest BCUT2D eigenvalue weighted by molar-refractivity contribution is 5.84. The van der Waals surface area contributed by atoms with Crippen molar-refractivity contribution in [2.45, 2.75) is 27.7 Å². The highest BCUT2D eigenvalue weighted by atomic mass is 14.0. The van der Waals surface area contributed by atoms with Gasteiger partial charge in [-0.2, -0.15) is 0 Å². The summed E-state index contributed by atoms with van der Waals surface area (Å²) in [6, 6.07) is 26.2. The molecule has 0 saturated heterocycles. The summed E-state index contributed by atoms with van der Waals surface area (Å²) in [4.78, 5) is 0. The van der Waals surface area contributed by atoms with Crippen molar-refractivity contribution in [3.05, 3.63) is 95.1 Å². The summed E-state index contributed by atoms with van der Waals surface area (Å²) in [6.45, 7) is 8.50. The Labute approximate surface area is 144 Å². The number of hydrogen-bond donors (Lipinski definition) is 0. The van der Waals surface area contributed by atoms with Gasteiger partial charge in [0.2, 0.25) is 0 Å². The minimum atomic E-state index is 1.33. The van der Waals surface area contributed by atoms with Gasteiger partial charge in [0.05, 0.1) is 0 Å². The largest absolute Gasteiger partial charge is 0.0587 e. The highest BCUT2D eigenvalue weighted by Crippen LogP contribution is 2.17. The molecule has 0 radical (unpaired) electrons. The Morgan fingerprint density at radius 2 is 0.542 bits per heavy atom. The van der Waals surface area contributed by atoms with E-state index in [2.05, 4.69) is 100 Å². The van der Waals surface area contributed by atoms with Crippen molar-refractivity contribution < 1.29 is 0 Å². The summed E-state index contributed by atoms with van der Waals surface area (Å²) in [6.07, 6.45) is 0. The van der Waals surface area contributed by atoms with E-state index < -0.39 is 0 Å². The summed E-state index contributed by atoms with van der Waals surface area (Å²) in [5, 5.41) is 5.34. The van der Waals surface area contributed by atoms with Crippen LogP contribution in [0, 0.1) is 27.7 Å². The van der Waals surface area contributed by atoms with Crippen LogP contribution in [-0.2, 0) is 0 Å². The van der Waals surface area contributed by atoms with Crippen LogP contribution in [0.5, 0.6) is 0 Å². The van der Waals surface area contributed by atoms with Crippen LogP contribution in [-0.4, -0.2) is 0 Å². The van der Waals surface area contributed by atoms with Crippen LogP contribution in [0.2, 0.25) is 0 Å². The molecule has 0 atom stereocenters. The quantitative estimate of drug-likeness (QED) is 0.331. The van der Waals surface area contributed by atoms with Crippen LogP contribution in [0.3, 0.4) is 0 Å². The molecular formula is C24H24. The predicted octanol–water partition coefficient (Wildman–Crippen LogP) is 6.91. The van der Waals surface area contributed by atoms with Gasteiger partial charge in [-0.25, -0.2) is 0 Å². The van der Waals surface area contributed by atoms with Gasteiger partial charge >= 0.3 is 0 Å². The van der Waals surface area contributed by atoms with Crippen molar-refractivity contribution in [3.63, 3.8) is 0 Å². The first-order valence-electron chi connectivity index (χ1n) is 8.45. The fraction of sp³-hybridized carbons (Fsp3) is 0.167. The summed E-state index contributed by atoms with van der Waals surface area (Å²) in [7, 11) is 0. The smallest absolute Gasteiger partial charge is 0.0181 e. The summed E-state index contributed by atoms with van der Waals surface area (Å²) in [5.41, 5.74) is 5.30. The summed E-state index contributed by atoms with van der Waals surface area (Å²) < 4.78 is 0. The van der Waals surface area contributed by atoms with Crippen LogP contribution in [0.4, 0.5) is 0 Å². The molecule has 0 heterocycles. The van der Waals surface area contributed by atoms with Crippen LogP contribution < -0.4 is 0 Å². The molecule has 0 bridgehead atoms. The number of hydrogen-bond acceptors (Lipinski definition) is 0. The lowest BCUT2D eigenvalue weighted by atomic mass is 10.1. The minimum absolute atomic E-state index is 1.33. The van der Waals surface area contributed by atoms with E-state index in [9.17, 15) is 0 Å². The van der Waals surface area contributed by atoms with Crippen LogP contribution in [0.15, 0.2) is 72.8 Å². The second kappa shape index (κ2) is 6.88. The van der Waals surface area contributed by atoms with Gasteiger partial charge in [0.25, 0.3) is 0 Å². The van der Waals surface area contributed by atoms with E-state index in [1.165, 1.54) is 43.8 Å². The Hall–Kier alpha value is -2.60. The lowest BCUT2D eigenvalue weighted by molar-refractivity contribution is 1.47. The Balaban J connectivity index is 0.000000141. The van der Waals surface area contributed by atoms with E-state index in [4.69, 9.17) is 0 Å². The zero-order valence-corrected chi connectivity index (χ0v) is 14.9. The van der Waals surface area contributed by atoms with E-state index in [0.29, 0.717) is 0 Å². The average molecular weight is 312 g/mol. The van der Waals surface area contributed by atoms with Crippen molar-refractivity contribution >= 4 is 21.5 Å². The third kappa shape index (κ3) is 3.83. The summed E-state index contributed by atoms with van der Waals surface area (Å²) in [5.74, 6) is 0. The van der Waals surface area contributed by atoms with Crippen molar-refractivity contribution in [1.29, 1.82) is 0 Å². The molecule has 0 aromatic heterocycles. The maximum Gasteiger partial charge on any atom is -0.0181 e. The van der Waals surface area contributed by atoms with Gasteiger partial charge in [0.15, 0.2) is 0 Å². The molecule has 4 rings (SSSR count). The van der Waals surface area contributed by atoms with Gasteiger partial charge in [-0.3, -0.25) is 0 Å². The second-order valence-corrected chi connectivity index (χ2v) is 6.71. The van der Waals surface area contributed by atoms with Crippen molar-refractivity contribution in [2.75, 3.05) is 0 Å². The first-order chi connectivity index (χ1) is 11.5. The van der Waals surface area contributed by atoms with Crippen LogP contribution in [0.25, 0.3) is 21.5 Å². The molecule has 120 valence electrons. The van der Waals surface area contributed by atoms with Gasteiger partial charge < -0.3 is 0 Å². The topological polar surface area (TPSA) is 0 Å². The molecule has 0 nitrogen and oxygen atoms in total. The van der Waals surface area contributed by atoms with Crippen molar-refractivity contribution in [2.24, 2.45) is 0 Å². The van der Waals surface area contributed by atoms with Gasteiger partial charge in [0.1, 0.15) is 0 Å². The van der Waals surface area contributed by atoms with Gasteiger partial charge in [-0.15, -0.1) is 0 Å². The Kier molecular flexibility index (Phi) is 4.66. The molecular weight excluding hydrogens is 288 g/mol. The van der Waals surface area contributed by atoms with Crippen molar-refractivity contribution in [1.82, 2.24) is 0 Å². The summed E-state index contributed by atoms with van der Waals surface area (Å²) >= 11 is 0. The predicted molar refractivity (Wildman–Crippen MR) is 107 cm³/mol. The van der Waals surface area contributed by atoms with E-state index in [1.807, 2.05) is 0 Å². The Morgan fingerprint density at radius 3 is 0.750 bits per heavy atom. The fourth-order valence-corrected chi connectivity index (χ4v) is 2.97. The number of aryl methyl sites for hydroxylation is 4. The van der Waals surface area contributed by atoms with E-state index in [-0.39, 0.29) is 0 Å². The minimum Gasteiger partial charge on any atom is -0.0587 e. The van der Waals surface area contributed by atoms with Gasteiger partial charge in [-0.05, 0) is 49.2 Å². The molecule has 0 N–H and O–H groups in total. The lowest BCUT2D eigenvalue weighted by Gasteiger charge is -1.99. The molecule has 4 aromatic rings. The SMILES string of the molecule is Cc1ccc2cc(C)ccc2c1.Cc1ccc2cc(C)ccc2c1. The Morgan fingerprint density at radius 1 is 0.333 bits per heavy atom. The average Bonchev–Trinajstić information content (AvgIpc) is 2.56. The van der Waals surface area contributed by atoms with Crippen molar-refractivity contribution in [3.8, 4) is 0 Å². The van der Waals surface area contributed by atoms with Gasteiger partial charge in [-0.1, -0.05) is 95.1 Å². The zero-order chi connectivity index (χ0) is 17.1.